The smallest absolute Gasteiger partial charge is 0.244 e. The van der Waals surface area contributed by atoms with Crippen LogP contribution in [-0.4, -0.2) is 11.3 Å². The number of para-hydroxylation sites is 2. The summed E-state index contributed by atoms with van der Waals surface area (Å²) in [5, 5.41) is 2.29. The lowest BCUT2D eigenvalue weighted by Gasteiger charge is -2.32. The SMILES string of the molecule is CC(C)c1cc(C(C)C)c(B2c3ccccc3Sc3cc(-n4c5ccccc5c5oc6ccccc6c54)ccc32)c(C(C)C)c1. The molecule has 0 amide bonds. The van der Waals surface area contributed by atoms with Crippen LogP contribution in [0.15, 0.2) is 117 Å². The van der Waals surface area contributed by atoms with Crippen molar-refractivity contribution in [3.05, 3.63) is 120 Å². The van der Waals surface area contributed by atoms with Crippen molar-refractivity contribution in [3.8, 4) is 5.69 Å². The third kappa shape index (κ3) is 4.41. The summed E-state index contributed by atoms with van der Waals surface area (Å²) >= 11 is 1.91. The van der Waals surface area contributed by atoms with Gasteiger partial charge >= 0.3 is 0 Å². The number of aromatic nitrogens is 1. The Morgan fingerprint density at radius 1 is 0.622 bits per heavy atom. The number of nitrogens with zero attached hydrogens (tertiary/aromatic N) is 1. The maximum Gasteiger partial charge on any atom is 0.244 e. The summed E-state index contributed by atoms with van der Waals surface area (Å²) in [6.45, 7) is 14.3. The average molecular weight is 604 g/mol. The summed E-state index contributed by atoms with van der Waals surface area (Å²) in [5.41, 5.74) is 14.1. The fourth-order valence-corrected chi connectivity index (χ4v) is 8.60. The molecule has 1 aliphatic heterocycles. The Balaban J connectivity index is 1.40. The molecule has 5 aromatic carbocycles. The predicted octanol–water partition coefficient (Wildman–Crippen LogP) is 9.88. The molecule has 0 aliphatic carbocycles. The number of hydrogen-bond donors (Lipinski definition) is 0. The average Bonchev–Trinajstić information content (AvgIpc) is 3.57. The molecule has 0 saturated carbocycles. The molecule has 0 fully saturated rings. The maximum absolute atomic E-state index is 6.47. The molecule has 0 unspecified atom stereocenters. The van der Waals surface area contributed by atoms with Crippen molar-refractivity contribution >= 4 is 67.8 Å². The van der Waals surface area contributed by atoms with Gasteiger partial charge in [0.15, 0.2) is 5.58 Å². The van der Waals surface area contributed by atoms with Crippen LogP contribution in [0.1, 0.15) is 76.0 Å². The van der Waals surface area contributed by atoms with Gasteiger partial charge in [-0.15, -0.1) is 0 Å². The van der Waals surface area contributed by atoms with Gasteiger partial charge in [-0.05, 0) is 76.9 Å². The molecule has 1 aliphatic rings. The molecule has 3 heterocycles. The molecule has 7 aromatic rings. The van der Waals surface area contributed by atoms with Crippen molar-refractivity contribution in [2.45, 2.75) is 69.1 Å². The minimum atomic E-state index is 0.179. The molecular weight excluding hydrogens is 565 g/mol. The predicted molar refractivity (Wildman–Crippen MR) is 194 cm³/mol. The molecule has 0 radical (unpaired) electrons. The molecule has 222 valence electrons. The summed E-state index contributed by atoms with van der Waals surface area (Å²) in [6, 6.07) is 38.3. The number of rotatable bonds is 5. The largest absolute Gasteiger partial charge is 0.454 e. The lowest BCUT2D eigenvalue weighted by atomic mass is 9.34. The summed E-state index contributed by atoms with van der Waals surface area (Å²) < 4.78 is 8.88. The van der Waals surface area contributed by atoms with Crippen LogP contribution in [0.3, 0.4) is 0 Å². The molecule has 8 rings (SSSR count). The van der Waals surface area contributed by atoms with Gasteiger partial charge in [-0.3, -0.25) is 0 Å². The molecule has 0 bridgehead atoms. The number of hydrogen-bond acceptors (Lipinski definition) is 2. The minimum absolute atomic E-state index is 0.179. The third-order valence-corrected chi connectivity index (χ3v) is 10.8. The van der Waals surface area contributed by atoms with Crippen LogP contribution in [0.5, 0.6) is 0 Å². The van der Waals surface area contributed by atoms with E-state index in [1.807, 2.05) is 11.8 Å². The standard InChI is InChI=1S/C41H38BNOS/c1-24(2)27-21-31(25(3)4)39(32(22-27)26(5)6)42-33-15-9-12-18-37(33)45-38-23-28(19-20-34(38)42)43-35-16-10-7-13-29(35)41-40(43)30-14-8-11-17-36(30)44-41/h7-26H,1-6H3. The molecule has 0 saturated heterocycles. The first-order chi connectivity index (χ1) is 21.8. The minimum Gasteiger partial charge on any atom is -0.454 e. The number of fused-ring (bicyclic) bond motifs is 7. The van der Waals surface area contributed by atoms with E-state index in [-0.39, 0.29) is 6.71 Å². The fraction of sp³-hybridized carbons (Fsp3) is 0.220. The van der Waals surface area contributed by atoms with E-state index in [2.05, 4.69) is 149 Å². The van der Waals surface area contributed by atoms with E-state index in [0.717, 1.165) is 27.5 Å². The topological polar surface area (TPSA) is 18.1 Å². The Morgan fingerprint density at radius 2 is 1.27 bits per heavy atom. The molecule has 2 aromatic heterocycles. The molecule has 0 spiro atoms. The first-order valence-corrected chi connectivity index (χ1v) is 17.1. The van der Waals surface area contributed by atoms with Crippen molar-refractivity contribution in [3.63, 3.8) is 0 Å². The zero-order valence-corrected chi connectivity index (χ0v) is 27.7. The second-order valence-corrected chi connectivity index (χ2v) is 14.6. The van der Waals surface area contributed by atoms with Gasteiger partial charge in [0.05, 0.1) is 5.52 Å². The van der Waals surface area contributed by atoms with Crippen molar-refractivity contribution in [2.24, 2.45) is 0 Å². The van der Waals surface area contributed by atoms with Crippen LogP contribution in [0.2, 0.25) is 0 Å². The lowest BCUT2D eigenvalue weighted by molar-refractivity contribution is 0.673. The maximum atomic E-state index is 6.47. The normalized spacial score (nSPS) is 13.1. The van der Waals surface area contributed by atoms with Crippen molar-refractivity contribution in [1.29, 1.82) is 0 Å². The van der Waals surface area contributed by atoms with Crippen molar-refractivity contribution in [1.82, 2.24) is 4.57 Å². The van der Waals surface area contributed by atoms with Crippen LogP contribution in [0, 0.1) is 0 Å². The van der Waals surface area contributed by atoms with Crippen LogP contribution < -0.4 is 16.4 Å². The van der Waals surface area contributed by atoms with E-state index < -0.39 is 0 Å². The second-order valence-electron chi connectivity index (χ2n) is 13.5. The summed E-state index contributed by atoms with van der Waals surface area (Å²) in [7, 11) is 0. The van der Waals surface area contributed by atoms with Crippen LogP contribution >= 0.6 is 11.8 Å². The van der Waals surface area contributed by atoms with Gasteiger partial charge in [-0.2, -0.15) is 0 Å². The van der Waals surface area contributed by atoms with Crippen LogP contribution in [-0.2, 0) is 0 Å². The van der Waals surface area contributed by atoms with E-state index >= 15 is 0 Å². The van der Waals surface area contributed by atoms with Crippen molar-refractivity contribution < 1.29 is 4.42 Å². The first-order valence-electron chi connectivity index (χ1n) is 16.3. The van der Waals surface area contributed by atoms with Gasteiger partial charge < -0.3 is 8.98 Å². The van der Waals surface area contributed by atoms with Gasteiger partial charge in [0.1, 0.15) is 11.1 Å². The molecule has 2 nitrogen and oxygen atoms in total. The molecular formula is C41H38BNOS. The summed E-state index contributed by atoms with van der Waals surface area (Å²) in [5.74, 6) is 1.34. The lowest BCUT2D eigenvalue weighted by Crippen LogP contribution is -2.57. The first kappa shape index (κ1) is 28.3. The third-order valence-electron chi connectivity index (χ3n) is 9.66. The fourth-order valence-electron chi connectivity index (χ4n) is 7.43. The van der Waals surface area contributed by atoms with Gasteiger partial charge in [0.2, 0.25) is 6.71 Å². The Labute approximate surface area is 270 Å². The van der Waals surface area contributed by atoms with E-state index in [9.17, 15) is 0 Å². The van der Waals surface area contributed by atoms with Crippen LogP contribution in [0.25, 0.3) is 38.7 Å². The molecule has 0 atom stereocenters. The highest BCUT2D eigenvalue weighted by molar-refractivity contribution is 8.00. The summed E-state index contributed by atoms with van der Waals surface area (Å²) in [6.07, 6.45) is 0. The van der Waals surface area contributed by atoms with Crippen LogP contribution in [0.4, 0.5) is 0 Å². The van der Waals surface area contributed by atoms with Gasteiger partial charge in [-0.25, -0.2) is 0 Å². The molecule has 45 heavy (non-hydrogen) atoms. The highest BCUT2D eigenvalue weighted by atomic mass is 32.2. The Hall–Kier alpha value is -4.15. The number of benzene rings is 5. The monoisotopic (exact) mass is 603 g/mol. The number of furan rings is 1. The highest BCUT2D eigenvalue weighted by Crippen LogP contribution is 2.40. The molecule has 4 heteroatoms. The Kier molecular flexibility index (Phi) is 6.76. The zero-order valence-electron chi connectivity index (χ0n) is 26.9. The quantitative estimate of drug-likeness (QED) is 0.182. The summed E-state index contributed by atoms with van der Waals surface area (Å²) in [4.78, 5) is 2.67. The van der Waals surface area contributed by atoms with Gasteiger partial charge in [0, 0.05) is 26.3 Å². The van der Waals surface area contributed by atoms with Gasteiger partial charge in [0.25, 0.3) is 0 Å². The Bertz CT molecular complexity index is 2220. The second kappa shape index (κ2) is 10.7. The van der Waals surface area contributed by atoms with Gasteiger partial charge in [-0.1, -0.05) is 130 Å². The van der Waals surface area contributed by atoms with E-state index in [1.165, 1.54) is 54.1 Å². The highest BCUT2D eigenvalue weighted by Gasteiger charge is 2.36. The van der Waals surface area contributed by atoms with Crippen molar-refractivity contribution in [2.75, 3.05) is 0 Å². The zero-order chi connectivity index (χ0) is 31.0. The van der Waals surface area contributed by atoms with E-state index in [4.69, 9.17) is 4.42 Å². The Morgan fingerprint density at radius 3 is 2.00 bits per heavy atom. The molecule has 0 N–H and O–H groups in total. The van der Waals surface area contributed by atoms with E-state index in [0.29, 0.717) is 17.8 Å². The van der Waals surface area contributed by atoms with E-state index in [1.54, 1.807) is 0 Å².